The summed E-state index contributed by atoms with van der Waals surface area (Å²) in [5.74, 6) is 1.63. The molecule has 0 spiro atoms. The zero-order chi connectivity index (χ0) is 17.9. The smallest absolute Gasteiger partial charge is 0.191 e. The molecule has 0 amide bonds. The molecule has 2 N–H and O–H groups in total. The SMILES string of the molecule is CN=C(NCc1ccn(-c2ccc(OC)cc2)n1)NC1CC2CCC1O2.I. The van der Waals surface area contributed by atoms with Crippen LogP contribution in [0.4, 0.5) is 0 Å². The second kappa shape index (κ2) is 8.92. The lowest BCUT2D eigenvalue weighted by atomic mass is 9.96. The Bertz CT molecular complexity index is 777. The van der Waals surface area contributed by atoms with Crippen molar-refractivity contribution in [3.05, 3.63) is 42.2 Å². The van der Waals surface area contributed by atoms with E-state index in [0.29, 0.717) is 24.8 Å². The van der Waals surface area contributed by atoms with Crippen molar-refractivity contribution in [3.63, 3.8) is 0 Å². The summed E-state index contributed by atoms with van der Waals surface area (Å²) in [6.07, 6.45) is 6.11. The Balaban J connectivity index is 0.00000210. The number of nitrogens with zero attached hydrogens (tertiary/aromatic N) is 3. The van der Waals surface area contributed by atoms with Gasteiger partial charge in [0.2, 0.25) is 0 Å². The summed E-state index contributed by atoms with van der Waals surface area (Å²) in [5.41, 5.74) is 1.95. The zero-order valence-corrected chi connectivity index (χ0v) is 17.9. The number of rotatable bonds is 5. The van der Waals surface area contributed by atoms with E-state index in [0.717, 1.165) is 35.9 Å². The summed E-state index contributed by atoms with van der Waals surface area (Å²) in [6.45, 7) is 0.616. The summed E-state index contributed by atoms with van der Waals surface area (Å²) in [5, 5.41) is 11.4. The molecule has 0 aliphatic carbocycles. The van der Waals surface area contributed by atoms with Gasteiger partial charge in [0.15, 0.2) is 5.96 Å². The topological polar surface area (TPSA) is 72.7 Å². The zero-order valence-electron chi connectivity index (χ0n) is 15.6. The average molecular weight is 483 g/mol. The lowest BCUT2D eigenvalue weighted by molar-refractivity contribution is 0.0992. The van der Waals surface area contributed by atoms with Crippen LogP contribution in [0.15, 0.2) is 41.5 Å². The first-order valence-electron chi connectivity index (χ1n) is 9.07. The van der Waals surface area contributed by atoms with Crippen LogP contribution in [0.25, 0.3) is 5.69 Å². The third-order valence-electron chi connectivity index (χ3n) is 5.07. The quantitative estimate of drug-likeness (QED) is 0.389. The molecule has 3 atom stereocenters. The van der Waals surface area contributed by atoms with Gasteiger partial charge in [-0.25, -0.2) is 4.68 Å². The van der Waals surface area contributed by atoms with Crippen molar-refractivity contribution in [1.29, 1.82) is 0 Å². The van der Waals surface area contributed by atoms with Crippen LogP contribution in [0.5, 0.6) is 5.75 Å². The molecule has 146 valence electrons. The first kappa shape index (κ1) is 19.9. The Hall–Kier alpha value is -1.81. The molecule has 3 unspecified atom stereocenters. The van der Waals surface area contributed by atoms with Crippen molar-refractivity contribution in [2.24, 2.45) is 4.99 Å². The highest BCUT2D eigenvalue weighted by molar-refractivity contribution is 14.0. The van der Waals surface area contributed by atoms with Gasteiger partial charge in [0.05, 0.1) is 43.3 Å². The Morgan fingerprint density at radius 2 is 2.11 bits per heavy atom. The van der Waals surface area contributed by atoms with Gasteiger partial charge in [-0.05, 0) is 49.6 Å². The van der Waals surface area contributed by atoms with E-state index < -0.39 is 0 Å². The van der Waals surface area contributed by atoms with Gasteiger partial charge in [0.1, 0.15) is 5.75 Å². The Morgan fingerprint density at radius 3 is 2.74 bits per heavy atom. The van der Waals surface area contributed by atoms with E-state index in [1.807, 2.05) is 41.2 Å². The van der Waals surface area contributed by atoms with E-state index in [-0.39, 0.29) is 24.0 Å². The fourth-order valence-electron chi connectivity index (χ4n) is 3.67. The molecule has 0 radical (unpaired) electrons. The normalized spacial score (nSPS) is 23.8. The Kier molecular flexibility index (Phi) is 6.59. The number of guanidine groups is 1. The number of aromatic nitrogens is 2. The number of fused-ring (bicyclic) bond motifs is 2. The standard InChI is InChI=1S/C19H25N5O2.HI/c1-20-19(22-17-11-16-7-8-18(17)26-16)21-12-13-9-10-24(23-13)14-3-5-15(25-2)6-4-14;/h3-6,9-10,16-18H,7-8,11-12H2,1-2H3,(H2,20,21,22);1H. The predicted molar refractivity (Wildman–Crippen MR) is 115 cm³/mol. The summed E-state index contributed by atoms with van der Waals surface area (Å²) in [7, 11) is 3.45. The van der Waals surface area contributed by atoms with Crippen LogP contribution >= 0.6 is 24.0 Å². The number of methoxy groups -OCH3 is 1. The number of aliphatic imine (C=N–C) groups is 1. The van der Waals surface area contributed by atoms with Gasteiger partial charge in [0.25, 0.3) is 0 Å². The van der Waals surface area contributed by atoms with Crippen molar-refractivity contribution >= 4 is 29.9 Å². The van der Waals surface area contributed by atoms with E-state index >= 15 is 0 Å². The van der Waals surface area contributed by atoms with Crippen LogP contribution in [-0.2, 0) is 11.3 Å². The van der Waals surface area contributed by atoms with Gasteiger partial charge in [0, 0.05) is 13.2 Å². The molecule has 1 aromatic heterocycles. The maximum Gasteiger partial charge on any atom is 0.191 e. The highest BCUT2D eigenvalue weighted by Crippen LogP contribution is 2.34. The van der Waals surface area contributed by atoms with Crippen LogP contribution in [0.1, 0.15) is 25.0 Å². The largest absolute Gasteiger partial charge is 0.497 e. The molecule has 8 heteroatoms. The van der Waals surface area contributed by atoms with E-state index in [1.54, 1.807) is 14.2 Å². The number of ether oxygens (including phenoxy) is 2. The van der Waals surface area contributed by atoms with Crippen LogP contribution in [0, 0.1) is 0 Å². The Labute approximate surface area is 176 Å². The van der Waals surface area contributed by atoms with E-state index in [2.05, 4.69) is 20.7 Å². The van der Waals surface area contributed by atoms with Crippen molar-refractivity contribution in [2.75, 3.05) is 14.2 Å². The van der Waals surface area contributed by atoms with Crippen LogP contribution in [0.3, 0.4) is 0 Å². The first-order valence-corrected chi connectivity index (χ1v) is 9.07. The van der Waals surface area contributed by atoms with Crippen molar-refractivity contribution in [3.8, 4) is 11.4 Å². The molecule has 3 heterocycles. The molecular weight excluding hydrogens is 457 g/mol. The third kappa shape index (κ3) is 4.55. The minimum absolute atomic E-state index is 0. The van der Waals surface area contributed by atoms with Gasteiger partial charge in [-0.3, -0.25) is 4.99 Å². The maximum atomic E-state index is 5.89. The molecule has 2 fully saturated rings. The maximum absolute atomic E-state index is 5.89. The van der Waals surface area contributed by atoms with E-state index in [9.17, 15) is 0 Å². The number of hydrogen-bond donors (Lipinski definition) is 2. The first-order chi connectivity index (χ1) is 12.7. The second-order valence-electron chi connectivity index (χ2n) is 6.74. The van der Waals surface area contributed by atoms with Gasteiger partial charge in [-0.1, -0.05) is 0 Å². The van der Waals surface area contributed by atoms with Crippen LogP contribution in [-0.4, -0.2) is 48.1 Å². The highest BCUT2D eigenvalue weighted by atomic mass is 127. The van der Waals surface area contributed by atoms with Gasteiger partial charge < -0.3 is 20.1 Å². The van der Waals surface area contributed by atoms with Crippen LogP contribution < -0.4 is 15.4 Å². The number of benzene rings is 1. The molecule has 2 bridgehead atoms. The molecule has 7 nitrogen and oxygen atoms in total. The molecule has 1 aromatic carbocycles. The number of nitrogens with one attached hydrogen (secondary N) is 2. The fourth-order valence-corrected chi connectivity index (χ4v) is 3.67. The molecule has 27 heavy (non-hydrogen) atoms. The summed E-state index contributed by atoms with van der Waals surface area (Å²) in [6, 6.07) is 10.2. The average Bonchev–Trinajstić information content (AvgIpc) is 3.42. The lowest BCUT2D eigenvalue weighted by Crippen LogP contribution is -2.47. The molecule has 0 saturated carbocycles. The van der Waals surface area contributed by atoms with Crippen molar-refractivity contribution in [1.82, 2.24) is 20.4 Å². The summed E-state index contributed by atoms with van der Waals surface area (Å²) in [4.78, 5) is 4.32. The van der Waals surface area contributed by atoms with Gasteiger partial charge in [-0.15, -0.1) is 24.0 Å². The number of halogens is 1. The molecule has 2 aliphatic rings. The summed E-state index contributed by atoms with van der Waals surface area (Å²) < 4.78 is 12.9. The molecule has 4 rings (SSSR count). The second-order valence-corrected chi connectivity index (χ2v) is 6.74. The van der Waals surface area contributed by atoms with Crippen molar-refractivity contribution < 1.29 is 9.47 Å². The Morgan fingerprint density at radius 1 is 1.30 bits per heavy atom. The minimum atomic E-state index is 0. The molecular formula is C19H26IN5O2. The predicted octanol–water partition coefficient (Wildman–Crippen LogP) is 2.48. The summed E-state index contributed by atoms with van der Waals surface area (Å²) >= 11 is 0. The van der Waals surface area contributed by atoms with Crippen LogP contribution in [0.2, 0.25) is 0 Å². The van der Waals surface area contributed by atoms with Gasteiger partial charge >= 0.3 is 0 Å². The van der Waals surface area contributed by atoms with Gasteiger partial charge in [-0.2, -0.15) is 5.10 Å². The fraction of sp³-hybridized carbons (Fsp3) is 0.474. The third-order valence-corrected chi connectivity index (χ3v) is 5.07. The monoisotopic (exact) mass is 483 g/mol. The highest BCUT2D eigenvalue weighted by Gasteiger charge is 2.41. The molecule has 2 aromatic rings. The number of hydrogen-bond acceptors (Lipinski definition) is 4. The molecule has 2 aliphatic heterocycles. The lowest BCUT2D eigenvalue weighted by Gasteiger charge is -2.22. The van der Waals surface area contributed by atoms with E-state index in [4.69, 9.17) is 9.47 Å². The van der Waals surface area contributed by atoms with E-state index in [1.165, 1.54) is 6.42 Å². The molecule has 2 saturated heterocycles. The van der Waals surface area contributed by atoms with Crippen molar-refractivity contribution in [2.45, 2.75) is 44.1 Å². The minimum Gasteiger partial charge on any atom is -0.497 e.